The molecule has 23 heavy (non-hydrogen) atoms. The van der Waals surface area contributed by atoms with Crippen LogP contribution in [0.2, 0.25) is 0 Å². The van der Waals surface area contributed by atoms with Gasteiger partial charge in [-0.3, -0.25) is 9.59 Å². The fourth-order valence-corrected chi connectivity index (χ4v) is 4.14. The summed E-state index contributed by atoms with van der Waals surface area (Å²) in [5, 5.41) is 13.5. The molecule has 2 heterocycles. The first-order valence-electron chi connectivity index (χ1n) is 8.64. The van der Waals surface area contributed by atoms with Crippen molar-refractivity contribution in [3.05, 3.63) is 17.0 Å². The zero-order chi connectivity index (χ0) is 16.0. The third-order valence-corrected chi connectivity index (χ3v) is 5.60. The second-order valence-electron chi connectivity index (χ2n) is 7.15. The van der Waals surface area contributed by atoms with Crippen LogP contribution in [0.1, 0.15) is 53.9 Å². The van der Waals surface area contributed by atoms with Crippen molar-refractivity contribution < 1.29 is 19.2 Å². The zero-order valence-electron chi connectivity index (χ0n) is 13.2. The van der Waals surface area contributed by atoms with Gasteiger partial charge in [0.05, 0.1) is 5.92 Å². The number of likely N-dealkylation sites (tertiary alicyclic amines) is 1. The Morgan fingerprint density at radius 3 is 2.65 bits per heavy atom. The molecule has 6 heteroatoms. The van der Waals surface area contributed by atoms with Crippen LogP contribution in [0.4, 0.5) is 0 Å². The fourth-order valence-electron chi connectivity index (χ4n) is 4.14. The summed E-state index contributed by atoms with van der Waals surface area (Å²) in [6.07, 6.45) is 7.14. The number of fused-ring (bicyclic) bond motifs is 1. The molecule has 2 fully saturated rings. The molecule has 0 unspecified atom stereocenters. The van der Waals surface area contributed by atoms with Crippen LogP contribution in [0.25, 0.3) is 0 Å². The van der Waals surface area contributed by atoms with E-state index in [4.69, 9.17) is 4.52 Å². The number of nitrogens with zero attached hydrogens (tertiary/aromatic N) is 2. The molecule has 0 radical (unpaired) electrons. The summed E-state index contributed by atoms with van der Waals surface area (Å²) in [5.41, 5.74) is 1.37. The number of rotatable bonds is 3. The van der Waals surface area contributed by atoms with Gasteiger partial charge in [-0.1, -0.05) is 11.6 Å². The maximum atomic E-state index is 12.9. The highest BCUT2D eigenvalue weighted by Crippen LogP contribution is 2.44. The zero-order valence-corrected chi connectivity index (χ0v) is 13.2. The minimum atomic E-state index is -0.781. The lowest BCUT2D eigenvalue weighted by Crippen LogP contribution is -2.31. The maximum Gasteiger partial charge on any atom is 0.308 e. The summed E-state index contributed by atoms with van der Waals surface area (Å²) in [4.78, 5) is 26.0. The minimum Gasteiger partial charge on any atom is -0.481 e. The molecule has 1 aromatic heterocycles. The molecule has 1 saturated heterocycles. The highest BCUT2D eigenvalue weighted by atomic mass is 16.5. The van der Waals surface area contributed by atoms with Gasteiger partial charge in [-0.05, 0) is 43.9 Å². The first-order valence-corrected chi connectivity index (χ1v) is 8.64. The van der Waals surface area contributed by atoms with E-state index in [0.717, 1.165) is 56.3 Å². The predicted octanol–water partition coefficient (Wildman–Crippen LogP) is 2.13. The number of carbonyl (C=O) groups is 2. The predicted molar refractivity (Wildman–Crippen MR) is 81.0 cm³/mol. The standard InChI is InChI=1S/C17H22N2O4/c20-16(15-11-4-2-1-3-5-14(11)23-18-15)19-8-12(10-6-7-10)13(9-19)17(21)22/h10,12-13H,1-9H2,(H,21,22)/t12-,13+/m1/s1. The van der Waals surface area contributed by atoms with Gasteiger partial charge in [0.1, 0.15) is 5.76 Å². The number of aryl methyl sites for hydroxylation is 1. The molecule has 1 saturated carbocycles. The van der Waals surface area contributed by atoms with Gasteiger partial charge in [-0.2, -0.15) is 0 Å². The monoisotopic (exact) mass is 318 g/mol. The molecule has 1 N–H and O–H groups in total. The Morgan fingerprint density at radius 2 is 1.91 bits per heavy atom. The molecule has 1 amide bonds. The van der Waals surface area contributed by atoms with Crippen LogP contribution < -0.4 is 0 Å². The van der Waals surface area contributed by atoms with Gasteiger partial charge < -0.3 is 14.5 Å². The number of carbonyl (C=O) groups excluding carboxylic acids is 1. The van der Waals surface area contributed by atoms with E-state index in [2.05, 4.69) is 5.16 Å². The Bertz CT molecular complexity index is 635. The van der Waals surface area contributed by atoms with Crippen LogP contribution >= 0.6 is 0 Å². The first-order chi connectivity index (χ1) is 11.1. The normalized spacial score (nSPS) is 27.6. The number of hydrogen-bond donors (Lipinski definition) is 1. The van der Waals surface area contributed by atoms with Gasteiger partial charge in [0.2, 0.25) is 0 Å². The van der Waals surface area contributed by atoms with Crippen LogP contribution in [-0.4, -0.2) is 40.1 Å². The van der Waals surface area contributed by atoms with E-state index in [0.29, 0.717) is 24.7 Å². The van der Waals surface area contributed by atoms with Crippen molar-refractivity contribution in [2.45, 2.75) is 44.9 Å². The van der Waals surface area contributed by atoms with Gasteiger partial charge in [0, 0.05) is 25.1 Å². The first kappa shape index (κ1) is 14.7. The molecule has 6 nitrogen and oxygen atoms in total. The second-order valence-corrected chi connectivity index (χ2v) is 7.15. The summed E-state index contributed by atoms with van der Waals surface area (Å²) in [6.45, 7) is 0.846. The summed E-state index contributed by atoms with van der Waals surface area (Å²) < 4.78 is 5.39. The number of carboxylic acids is 1. The third-order valence-electron chi connectivity index (χ3n) is 5.60. The highest BCUT2D eigenvalue weighted by molar-refractivity contribution is 5.94. The fraction of sp³-hybridized carbons (Fsp3) is 0.706. The molecule has 0 aromatic carbocycles. The topological polar surface area (TPSA) is 83.6 Å². The van der Waals surface area contributed by atoms with E-state index >= 15 is 0 Å². The van der Waals surface area contributed by atoms with Crippen LogP contribution in [0.15, 0.2) is 4.52 Å². The average molecular weight is 318 g/mol. The summed E-state index contributed by atoms with van der Waals surface area (Å²) in [6, 6.07) is 0. The molecule has 124 valence electrons. The van der Waals surface area contributed by atoms with Crippen LogP contribution in [0.5, 0.6) is 0 Å². The molecule has 4 rings (SSSR count). The van der Waals surface area contributed by atoms with Gasteiger partial charge in [-0.15, -0.1) is 0 Å². The molecule has 0 bridgehead atoms. The third kappa shape index (κ3) is 2.64. The highest BCUT2D eigenvalue weighted by Gasteiger charge is 2.47. The molecule has 3 aliphatic rings. The molecular weight excluding hydrogens is 296 g/mol. The van der Waals surface area contributed by atoms with E-state index in [1.165, 1.54) is 0 Å². The Kier molecular flexibility index (Phi) is 3.62. The molecule has 1 aliphatic heterocycles. The van der Waals surface area contributed by atoms with Crippen LogP contribution in [0, 0.1) is 17.8 Å². The van der Waals surface area contributed by atoms with E-state index in [1.807, 2.05) is 0 Å². The Labute approximate surface area is 134 Å². The van der Waals surface area contributed by atoms with Crippen molar-refractivity contribution >= 4 is 11.9 Å². The van der Waals surface area contributed by atoms with Crippen molar-refractivity contribution in [3.8, 4) is 0 Å². The molecule has 0 spiro atoms. The van der Waals surface area contributed by atoms with Crippen molar-refractivity contribution in [1.82, 2.24) is 10.1 Å². The summed E-state index contributed by atoms with van der Waals surface area (Å²) >= 11 is 0. The smallest absolute Gasteiger partial charge is 0.308 e. The number of amides is 1. The quantitative estimate of drug-likeness (QED) is 0.863. The van der Waals surface area contributed by atoms with Gasteiger partial charge in [0.25, 0.3) is 5.91 Å². The molecule has 2 atom stereocenters. The molecular formula is C17H22N2O4. The Balaban J connectivity index is 1.55. The van der Waals surface area contributed by atoms with Gasteiger partial charge in [-0.25, -0.2) is 0 Å². The molecule has 2 aliphatic carbocycles. The number of carboxylic acid groups (broad SMARTS) is 1. The van der Waals surface area contributed by atoms with E-state index in [1.54, 1.807) is 4.90 Å². The van der Waals surface area contributed by atoms with Gasteiger partial charge >= 0.3 is 5.97 Å². The lowest BCUT2D eigenvalue weighted by atomic mass is 9.92. The summed E-state index contributed by atoms with van der Waals surface area (Å²) in [7, 11) is 0. The van der Waals surface area contributed by atoms with E-state index in [-0.39, 0.29) is 11.8 Å². The van der Waals surface area contributed by atoms with Crippen molar-refractivity contribution in [3.63, 3.8) is 0 Å². The second kappa shape index (κ2) is 5.65. The van der Waals surface area contributed by atoms with Crippen molar-refractivity contribution in [2.75, 3.05) is 13.1 Å². The maximum absolute atomic E-state index is 12.9. The van der Waals surface area contributed by atoms with Crippen molar-refractivity contribution in [1.29, 1.82) is 0 Å². The Hall–Kier alpha value is -1.85. The van der Waals surface area contributed by atoms with Gasteiger partial charge in [0.15, 0.2) is 5.69 Å². The number of hydrogen-bond acceptors (Lipinski definition) is 4. The lowest BCUT2D eigenvalue weighted by Gasteiger charge is -2.15. The average Bonchev–Trinajstić information content (AvgIpc) is 3.23. The van der Waals surface area contributed by atoms with E-state index < -0.39 is 11.9 Å². The minimum absolute atomic E-state index is 0.0990. The summed E-state index contributed by atoms with van der Waals surface area (Å²) in [5.74, 6) is 0.0586. The SMILES string of the molecule is O=C(O)[C@H]1CN(C(=O)c2noc3c2CCCCC3)C[C@@H]1C1CC1. The number of aromatic nitrogens is 1. The Morgan fingerprint density at radius 1 is 1.13 bits per heavy atom. The van der Waals surface area contributed by atoms with Crippen LogP contribution in [-0.2, 0) is 17.6 Å². The number of aliphatic carboxylic acids is 1. The van der Waals surface area contributed by atoms with Crippen LogP contribution in [0.3, 0.4) is 0 Å². The molecule has 1 aromatic rings. The lowest BCUT2D eigenvalue weighted by molar-refractivity contribution is -0.142. The van der Waals surface area contributed by atoms with E-state index in [9.17, 15) is 14.7 Å². The van der Waals surface area contributed by atoms with Crippen molar-refractivity contribution in [2.24, 2.45) is 17.8 Å². The largest absolute Gasteiger partial charge is 0.481 e.